The Labute approximate surface area is 171 Å². The van der Waals surface area contributed by atoms with Crippen LogP contribution in [-0.4, -0.2) is 27.2 Å². The molecule has 30 heavy (non-hydrogen) atoms. The lowest BCUT2D eigenvalue weighted by atomic mass is 9.93. The number of benzene rings is 1. The van der Waals surface area contributed by atoms with Gasteiger partial charge in [0.05, 0.1) is 16.5 Å². The predicted molar refractivity (Wildman–Crippen MR) is 110 cm³/mol. The van der Waals surface area contributed by atoms with E-state index in [2.05, 4.69) is 15.3 Å². The molecule has 0 unspecified atom stereocenters. The van der Waals surface area contributed by atoms with Gasteiger partial charge in [-0.1, -0.05) is 13.0 Å². The van der Waals surface area contributed by atoms with Crippen molar-refractivity contribution in [2.75, 3.05) is 6.79 Å². The lowest BCUT2D eigenvalue weighted by molar-refractivity contribution is 0.0911. The number of H-pyrrole nitrogens is 1. The number of pyridine rings is 1. The number of carbonyl (C=O) groups is 1. The van der Waals surface area contributed by atoms with Crippen LogP contribution >= 0.6 is 0 Å². The number of amides is 1. The number of aryl methyl sites for hydroxylation is 1. The number of hydrogen-bond donors (Lipinski definition) is 2. The van der Waals surface area contributed by atoms with E-state index in [-0.39, 0.29) is 29.3 Å². The summed E-state index contributed by atoms with van der Waals surface area (Å²) < 4.78 is 12.1. The summed E-state index contributed by atoms with van der Waals surface area (Å²) in [5, 5.41) is 3.15. The van der Waals surface area contributed by atoms with Gasteiger partial charge in [-0.05, 0) is 44.0 Å². The van der Waals surface area contributed by atoms with Crippen LogP contribution in [0.1, 0.15) is 43.1 Å². The molecule has 156 valence electrons. The quantitative estimate of drug-likeness (QED) is 0.664. The van der Waals surface area contributed by atoms with Crippen LogP contribution in [-0.2, 0) is 12.1 Å². The number of ether oxygens (including phenoxy) is 2. The Morgan fingerprint density at radius 2 is 2.00 bits per heavy atom. The maximum atomic E-state index is 12.9. The zero-order chi connectivity index (χ0) is 21.5. The molecule has 1 aromatic carbocycles. The molecular formula is C21H22N4O5. The van der Waals surface area contributed by atoms with Crippen molar-refractivity contribution in [3.05, 3.63) is 62.4 Å². The second-order valence-corrected chi connectivity index (χ2v) is 7.65. The minimum atomic E-state index is -0.722. The number of carbonyl (C=O) groups excluding carboxylic acids is 1. The van der Waals surface area contributed by atoms with E-state index < -0.39 is 16.8 Å². The molecule has 2 aromatic heterocycles. The number of nitrogens with zero attached hydrogens (tertiary/aromatic N) is 2. The summed E-state index contributed by atoms with van der Waals surface area (Å²) in [4.78, 5) is 43.8. The van der Waals surface area contributed by atoms with Crippen LogP contribution in [0, 0.1) is 0 Å². The molecule has 1 amide bonds. The third kappa shape index (κ3) is 3.42. The average molecular weight is 410 g/mol. The summed E-state index contributed by atoms with van der Waals surface area (Å²) in [6.07, 6.45) is 2.08. The van der Waals surface area contributed by atoms with Crippen molar-refractivity contribution in [2.45, 2.75) is 39.3 Å². The zero-order valence-corrected chi connectivity index (χ0v) is 16.9. The van der Waals surface area contributed by atoms with Crippen LogP contribution in [0.5, 0.6) is 11.5 Å². The number of nitrogens with one attached hydrogen (secondary N) is 2. The molecule has 0 fully saturated rings. The smallest absolute Gasteiger partial charge is 0.329 e. The Balaban J connectivity index is 1.66. The van der Waals surface area contributed by atoms with Gasteiger partial charge in [0.15, 0.2) is 11.5 Å². The number of hydrogen-bond acceptors (Lipinski definition) is 6. The number of aromatic nitrogens is 3. The standard InChI is InChI=1S/C21H22N4O5/c1-4-7-25-17-14(19(27)23-20(25)28)8-12(10-22-17)18(26)24-21(2,3)13-5-6-15-16(9-13)30-11-29-15/h5-6,8-10H,4,7,11H2,1-3H3,(H,24,26)(H,23,27,28). The van der Waals surface area contributed by atoms with Crippen LogP contribution in [0.15, 0.2) is 40.1 Å². The van der Waals surface area contributed by atoms with Crippen molar-refractivity contribution in [3.63, 3.8) is 0 Å². The maximum Gasteiger partial charge on any atom is 0.329 e. The molecular weight excluding hydrogens is 388 g/mol. The summed E-state index contributed by atoms with van der Waals surface area (Å²) >= 11 is 0. The summed E-state index contributed by atoms with van der Waals surface area (Å²) in [6.45, 7) is 6.24. The molecule has 3 heterocycles. The van der Waals surface area contributed by atoms with Gasteiger partial charge in [0.1, 0.15) is 5.65 Å². The van der Waals surface area contributed by atoms with Crippen LogP contribution in [0.4, 0.5) is 0 Å². The number of rotatable bonds is 5. The van der Waals surface area contributed by atoms with Crippen molar-refractivity contribution in [1.82, 2.24) is 19.9 Å². The SMILES string of the molecule is CCCn1c(=O)[nH]c(=O)c2cc(C(=O)NC(C)(C)c3ccc4c(c3)OCO4)cnc21. The molecule has 0 saturated heterocycles. The summed E-state index contributed by atoms with van der Waals surface area (Å²) in [5.74, 6) is 0.902. The fraction of sp³-hybridized carbons (Fsp3) is 0.333. The normalized spacial score (nSPS) is 12.9. The molecule has 4 rings (SSSR count). The van der Waals surface area contributed by atoms with Gasteiger partial charge in [0.2, 0.25) is 6.79 Å². The highest BCUT2D eigenvalue weighted by Gasteiger charge is 2.26. The summed E-state index contributed by atoms with van der Waals surface area (Å²) in [7, 11) is 0. The van der Waals surface area contributed by atoms with E-state index >= 15 is 0 Å². The fourth-order valence-corrected chi connectivity index (χ4v) is 3.44. The van der Waals surface area contributed by atoms with E-state index in [0.717, 1.165) is 5.56 Å². The molecule has 9 nitrogen and oxygen atoms in total. The van der Waals surface area contributed by atoms with E-state index in [0.29, 0.717) is 24.5 Å². The zero-order valence-electron chi connectivity index (χ0n) is 16.9. The van der Waals surface area contributed by atoms with E-state index in [1.807, 2.05) is 32.9 Å². The second kappa shape index (κ2) is 7.33. The van der Waals surface area contributed by atoms with Gasteiger partial charge in [0.25, 0.3) is 11.5 Å². The minimum Gasteiger partial charge on any atom is -0.454 e. The summed E-state index contributed by atoms with van der Waals surface area (Å²) in [5.41, 5.74) is -0.479. The lowest BCUT2D eigenvalue weighted by Crippen LogP contribution is -2.41. The molecule has 3 aromatic rings. The molecule has 0 radical (unpaired) electrons. The topological polar surface area (TPSA) is 115 Å². The minimum absolute atomic E-state index is 0.173. The molecule has 9 heteroatoms. The summed E-state index contributed by atoms with van der Waals surface area (Å²) in [6, 6.07) is 6.95. The predicted octanol–water partition coefficient (Wildman–Crippen LogP) is 1.89. The molecule has 0 spiro atoms. The highest BCUT2D eigenvalue weighted by atomic mass is 16.7. The van der Waals surface area contributed by atoms with Crippen molar-refractivity contribution in [1.29, 1.82) is 0 Å². The van der Waals surface area contributed by atoms with Gasteiger partial charge in [-0.15, -0.1) is 0 Å². The molecule has 0 saturated carbocycles. The van der Waals surface area contributed by atoms with E-state index in [4.69, 9.17) is 9.47 Å². The van der Waals surface area contributed by atoms with Gasteiger partial charge < -0.3 is 14.8 Å². The Morgan fingerprint density at radius 3 is 2.77 bits per heavy atom. The molecule has 0 atom stereocenters. The first-order valence-electron chi connectivity index (χ1n) is 9.65. The van der Waals surface area contributed by atoms with E-state index in [9.17, 15) is 14.4 Å². The van der Waals surface area contributed by atoms with Crippen molar-refractivity contribution >= 4 is 16.9 Å². The number of aromatic amines is 1. The van der Waals surface area contributed by atoms with E-state index in [1.54, 1.807) is 6.07 Å². The van der Waals surface area contributed by atoms with Crippen molar-refractivity contribution in [2.24, 2.45) is 0 Å². The van der Waals surface area contributed by atoms with Crippen molar-refractivity contribution < 1.29 is 14.3 Å². The lowest BCUT2D eigenvalue weighted by Gasteiger charge is -2.27. The molecule has 0 aliphatic carbocycles. The second-order valence-electron chi connectivity index (χ2n) is 7.65. The highest BCUT2D eigenvalue weighted by molar-refractivity contribution is 5.97. The molecule has 2 N–H and O–H groups in total. The van der Waals surface area contributed by atoms with Gasteiger partial charge >= 0.3 is 5.69 Å². The van der Waals surface area contributed by atoms with Gasteiger partial charge in [-0.3, -0.25) is 19.1 Å². The number of fused-ring (bicyclic) bond motifs is 2. The van der Waals surface area contributed by atoms with Gasteiger partial charge in [-0.25, -0.2) is 9.78 Å². The Hall–Kier alpha value is -3.62. The van der Waals surface area contributed by atoms with Crippen LogP contribution in [0.25, 0.3) is 11.0 Å². The first-order valence-corrected chi connectivity index (χ1v) is 9.65. The third-order valence-corrected chi connectivity index (χ3v) is 5.06. The van der Waals surface area contributed by atoms with Crippen LogP contribution in [0.2, 0.25) is 0 Å². The molecule has 0 bridgehead atoms. The van der Waals surface area contributed by atoms with Crippen LogP contribution in [0.3, 0.4) is 0 Å². The first-order chi connectivity index (χ1) is 14.3. The Morgan fingerprint density at radius 1 is 1.23 bits per heavy atom. The Bertz CT molecular complexity index is 1260. The molecule has 1 aliphatic rings. The van der Waals surface area contributed by atoms with Crippen molar-refractivity contribution in [3.8, 4) is 11.5 Å². The fourth-order valence-electron chi connectivity index (χ4n) is 3.44. The average Bonchev–Trinajstić information content (AvgIpc) is 3.18. The van der Waals surface area contributed by atoms with Gasteiger partial charge in [0, 0.05) is 12.7 Å². The molecule has 1 aliphatic heterocycles. The first kappa shape index (κ1) is 19.7. The largest absolute Gasteiger partial charge is 0.454 e. The third-order valence-electron chi connectivity index (χ3n) is 5.06. The van der Waals surface area contributed by atoms with Crippen LogP contribution < -0.4 is 26.0 Å². The monoisotopic (exact) mass is 410 g/mol. The maximum absolute atomic E-state index is 12.9. The Kier molecular flexibility index (Phi) is 4.81. The van der Waals surface area contributed by atoms with E-state index in [1.165, 1.54) is 16.8 Å². The highest BCUT2D eigenvalue weighted by Crippen LogP contribution is 2.35. The van der Waals surface area contributed by atoms with Gasteiger partial charge in [-0.2, -0.15) is 0 Å².